The first kappa shape index (κ1) is 23.5. The summed E-state index contributed by atoms with van der Waals surface area (Å²) in [5, 5.41) is 2.89. The zero-order valence-electron chi connectivity index (χ0n) is 19.2. The Morgan fingerprint density at radius 3 is 2.45 bits per heavy atom. The van der Waals surface area contributed by atoms with Gasteiger partial charge < -0.3 is 19.7 Å². The largest absolute Gasteiger partial charge is 0.483 e. The lowest BCUT2D eigenvalue weighted by molar-refractivity contribution is -0.118. The van der Waals surface area contributed by atoms with Crippen molar-refractivity contribution in [3.05, 3.63) is 47.5 Å². The quantitative estimate of drug-likeness (QED) is 0.665. The van der Waals surface area contributed by atoms with Crippen LogP contribution in [-0.2, 0) is 19.6 Å². The van der Waals surface area contributed by atoms with Crippen molar-refractivity contribution in [2.24, 2.45) is 0 Å². The molecule has 0 saturated carbocycles. The van der Waals surface area contributed by atoms with E-state index < -0.39 is 10.0 Å². The predicted molar refractivity (Wildman–Crippen MR) is 128 cm³/mol. The summed E-state index contributed by atoms with van der Waals surface area (Å²) in [6, 6.07) is 10.8. The van der Waals surface area contributed by atoms with Crippen LogP contribution < -0.4 is 15.0 Å². The zero-order valence-corrected chi connectivity index (χ0v) is 20.0. The molecule has 4 rings (SSSR count). The van der Waals surface area contributed by atoms with Crippen LogP contribution in [0.2, 0.25) is 0 Å². The molecule has 1 N–H and O–H groups in total. The first-order valence-electron chi connectivity index (χ1n) is 11.3. The fourth-order valence-corrected chi connectivity index (χ4v) is 5.67. The molecule has 2 aliphatic heterocycles. The number of carbonyl (C=O) groups excluding carboxylic acids is 1. The average molecular weight is 474 g/mol. The SMILES string of the molecule is Cc1ccc(OCC(=O)Nc2cc(S(=O)(=O)N3CCOCC3)ccc2N2CCCC2)c(C)c1. The zero-order chi connectivity index (χ0) is 23.4. The fourth-order valence-electron chi connectivity index (χ4n) is 4.24. The maximum atomic E-state index is 13.2. The average Bonchev–Trinajstić information content (AvgIpc) is 3.34. The second kappa shape index (κ2) is 10.1. The molecule has 2 heterocycles. The van der Waals surface area contributed by atoms with Gasteiger partial charge in [0.15, 0.2) is 6.61 Å². The van der Waals surface area contributed by atoms with Gasteiger partial charge in [-0.25, -0.2) is 8.42 Å². The van der Waals surface area contributed by atoms with Gasteiger partial charge in [-0.15, -0.1) is 0 Å². The van der Waals surface area contributed by atoms with Crippen LogP contribution >= 0.6 is 0 Å². The lowest BCUT2D eigenvalue weighted by Gasteiger charge is -2.27. The molecule has 2 saturated heterocycles. The van der Waals surface area contributed by atoms with Crippen LogP contribution in [0.5, 0.6) is 5.75 Å². The molecule has 33 heavy (non-hydrogen) atoms. The summed E-state index contributed by atoms with van der Waals surface area (Å²) in [5.74, 6) is 0.315. The van der Waals surface area contributed by atoms with E-state index in [1.165, 1.54) is 4.31 Å². The van der Waals surface area contributed by atoms with Gasteiger partial charge in [-0.2, -0.15) is 4.31 Å². The number of hydrogen-bond acceptors (Lipinski definition) is 6. The van der Waals surface area contributed by atoms with Gasteiger partial charge in [0.25, 0.3) is 5.91 Å². The Morgan fingerprint density at radius 2 is 1.76 bits per heavy atom. The van der Waals surface area contributed by atoms with Crippen molar-refractivity contribution in [1.82, 2.24) is 4.31 Å². The van der Waals surface area contributed by atoms with Gasteiger partial charge in [0.05, 0.1) is 29.5 Å². The molecule has 0 spiro atoms. The van der Waals surface area contributed by atoms with E-state index in [9.17, 15) is 13.2 Å². The Kier molecular flexibility index (Phi) is 7.21. The third kappa shape index (κ3) is 5.48. The van der Waals surface area contributed by atoms with Gasteiger partial charge >= 0.3 is 0 Å². The highest BCUT2D eigenvalue weighted by molar-refractivity contribution is 7.89. The molecule has 0 aromatic heterocycles. The second-order valence-electron chi connectivity index (χ2n) is 8.50. The third-order valence-electron chi connectivity index (χ3n) is 5.99. The number of amides is 1. The lowest BCUT2D eigenvalue weighted by atomic mass is 10.1. The first-order valence-corrected chi connectivity index (χ1v) is 12.8. The van der Waals surface area contributed by atoms with Gasteiger partial charge in [-0.05, 0) is 56.5 Å². The van der Waals surface area contributed by atoms with E-state index >= 15 is 0 Å². The Bertz CT molecular complexity index is 1110. The summed E-state index contributed by atoms with van der Waals surface area (Å²) in [6.45, 7) is 6.92. The van der Waals surface area contributed by atoms with Gasteiger partial charge in [-0.3, -0.25) is 4.79 Å². The van der Waals surface area contributed by atoms with Crippen molar-refractivity contribution >= 4 is 27.3 Å². The standard InChI is InChI=1S/C24H31N3O5S/c1-18-5-8-23(19(2)15-18)32-17-24(28)25-21-16-20(6-7-22(21)26-9-3-4-10-26)33(29,30)27-11-13-31-14-12-27/h5-8,15-16H,3-4,9-14,17H2,1-2H3,(H,25,28). The minimum absolute atomic E-state index is 0.163. The van der Waals surface area contributed by atoms with E-state index in [2.05, 4.69) is 10.2 Å². The smallest absolute Gasteiger partial charge is 0.262 e. The number of nitrogens with zero attached hydrogens (tertiary/aromatic N) is 2. The predicted octanol–water partition coefficient (Wildman–Crippen LogP) is 2.94. The molecule has 2 aliphatic rings. The van der Waals surface area contributed by atoms with Gasteiger partial charge in [-0.1, -0.05) is 17.7 Å². The first-order chi connectivity index (χ1) is 15.8. The second-order valence-corrected chi connectivity index (χ2v) is 10.4. The number of morpholine rings is 1. The number of carbonyl (C=O) groups is 1. The Hall–Kier alpha value is -2.62. The van der Waals surface area contributed by atoms with E-state index in [-0.39, 0.29) is 17.4 Å². The van der Waals surface area contributed by atoms with E-state index in [0.717, 1.165) is 42.7 Å². The summed E-state index contributed by atoms with van der Waals surface area (Å²) in [6.07, 6.45) is 2.13. The van der Waals surface area contributed by atoms with E-state index in [4.69, 9.17) is 9.47 Å². The van der Waals surface area contributed by atoms with Crippen molar-refractivity contribution in [2.45, 2.75) is 31.6 Å². The topological polar surface area (TPSA) is 88.2 Å². The molecule has 0 aliphatic carbocycles. The lowest BCUT2D eigenvalue weighted by Crippen LogP contribution is -2.40. The minimum Gasteiger partial charge on any atom is -0.483 e. The van der Waals surface area contributed by atoms with Crippen LogP contribution in [-0.4, -0.2) is 64.6 Å². The van der Waals surface area contributed by atoms with Crippen molar-refractivity contribution < 1.29 is 22.7 Å². The monoisotopic (exact) mass is 473 g/mol. The highest BCUT2D eigenvalue weighted by atomic mass is 32.2. The van der Waals surface area contributed by atoms with Crippen LogP contribution in [0.25, 0.3) is 0 Å². The Morgan fingerprint density at radius 1 is 1.03 bits per heavy atom. The molecule has 0 bridgehead atoms. The van der Waals surface area contributed by atoms with Gasteiger partial charge in [0.2, 0.25) is 10.0 Å². The van der Waals surface area contributed by atoms with E-state index in [1.807, 2.05) is 32.0 Å². The number of aryl methyl sites for hydroxylation is 2. The molecule has 2 aromatic carbocycles. The number of hydrogen-bond donors (Lipinski definition) is 1. The van der Waals surface area contributed by atoms with Crippen molar-refractivity contribution in [3.63, 3.8) is 0 Å². The van der Waals surface area contributed by atoms with Crippen molar-refractivity contribution in [1.29, 1.82) is 0 Å². The van der Waals surface area contributed by atoms with Crippen LogP contribution in [0.4, 0.5) is 11.4 Å². The van der Waals surface area contributed by atoms with Gasteiger partial charge in [0, 0.05) is 26.2 Å². The number of benzene rings is 2. The molecule has 9 heteroatoms. The maximum Gasteiger partial charge on any atom is 0.262 e. The molecule has 0 atom stereocenters. The number of nitrogens with one attached hydrogen (secondary N) is 1. The van der Waals surface area contributed by atoms with E-state index in [1.54, 1.807) is 18.2 Å². The summed E-state index contributed by atoms with van der Waals surface area (Å²) in [5.41, 5.74) is 3.39. The molecule has 178 valence electrons. The number of rotatable bonds is 7. The summed E-state index contributed by atoms with van der Waals surface area (Å²) in [7, 11) is -3.67. The highest BCUT2D eigenvalue weighted by Crippen LogP contribution is 2.32. The molecule has 8 nitrogen and oxygen atoms in total. The fraction of sp³-hybridized carbons (Fsp3) is 0.458. The number of anilines is 2. The molecule has 0 radical (unpaired) electrons. The minimum atomic E-state index is -3.67. The summed E-state index contributed by atoms with van der Waals surface area (Å²) in [4.78, 5) is 15.1. The Balaban J connectivity index is 1.55. The number of sulfonamides is 1. The molecular formula is C24H31N3O5S. The molecular weight excluding hydrogens is 442 g/mol. The third-order valence-corrected chi connectivity index (χ3v) is 7.88. The van der Waals surface area contributed by atoms with Crippen LogP contribution in [0.1, 0.15) is 24.0 Å². The number of ether oxygens (including phenoxy) is 2. The summed E-state index contributed by atoms with van der Waals surface area (Å²) < 4.78 is 38.7. The maximum absolute atomic E-state index is 13.2. The highest BCUT2D eigenvalue weighted by Gasteiger charge is 2.28. The Labute approximate surface area is 195 Å². The molecule has 0 unspecified atom stereocenters. The summed E-state index contributed by atoms with van der Waals surface area (Å²) >= 11 is 0. The van der Waals surface area contributed by atoms with Gasteiger partial charge in [0.1, 0.15) is 5.75 Å². The molecule has 1 amide bonds. The van der Waals surface area contributed by atoms with Crippen LogP contribution in [0.3, 0.4) is 0 Å². The van der Waals surface area contributed by atoms with Crippen molar-refractivity contribution in [2.75, 3.05) is 56.2 Å². The molecule has 2 fully saturated rings. The van der Waals surface area contributed by atoms with E-state index in [0.29, 0.717) is 37.7 Å². The van der Waals surface area contributed by atoms with Crippen molar-refractivity contribution in [3.8, 4) is 5.75 Å². The normalized spacial score (nSPS) is 17.2. The van der Waals surface area contributed by atoms with Crippen LogP contribution in [0.15, 0.2) is 41.3 Å². The molecule has 2 aromatic rings. The van der Waals surface area contributed by atoms with Crippen LogP contribution in [0, 0.1) is 13.8 Å².